The Morgan fingerprint density at radius 3 is 2.55 bits per heavy atom. The first kappa shape index (κ1) is 15.6. The number of aromatic hydroxyl groups is 2. The smallest absolute Gasteiger partial charge is 0.240 e. The number of hydrazone groups is 1. The average molecular weight is 298 g/mol. The summed E-state index contributed by atoms with van der Waals surface area (Å²) in [6.07, 6.45) is 3.23. The van der Waals surface area contributed by atoms with Crippen LogP contribution in [0.15, 0.2) is 53.6 Å². The third-order valence-electron chi connectivity index (χ3n) is 3.14. The number of nitrogens with zero attached hydrogens (tertiary/aromatic N) is 1. The van der Waals surface area contributed by atoms with Crippen LogP contribution < -0.4 is 5.43 Å². The van der Waals surface area contributed by atoms with E-state index in [2.05, 4.69) is 10.5 Å². The second-order valence-corrected chi connectivity index (χ2v) is 4.87. The van der Waals surface area contributed by atoms with Gasteiger partial charge in [0.25, 0.3) is 0 Å². The molecule has 1 amide bonds. The van der Waals surface area contributed by atoms with E-state index in [1.165, 1.54) is 6.21 Å². The zero-order chi connectivity index (χ0) is 15.8. The summed E-state index contributed by atoms with van der Waals surface area (Å²) in [5.41, 5.74) is 4.05. The predicted molar refractivity (Wildman–Crippen MR) is 84.9 cm³/mol. The SMILES string of the molecule is O=C(CCCc1ccc(O)cc1)NN=Cc1ccccc1O. The van der Waals surface area contributed by atoms with Crippen LogP contribution in [-0.4, -0.2) is 22.3 Å². The highest BCUT2D eigenvalue weighted by Gasteiger charge is 2.01. The molecule has 0 fully saturated rings. The van der Waals surface area contributed by atoms with Crippen molar-refractivity contribution in [1.29, 1.82) is 0 Å². The van der Waals surface area contributed by atoms with Crippen LogP contribution in [0.1, 0.15) is 24.0 Å². The van der Waals surface area contributed by atoms with E-state index in [0.29, 0.717) is 18.4 Å². The summed E-state index contributed by atoms with van der Waals surface area (Å²) >= 11 is 0. The van der Waals surface area contributed by atoms with Crippen molar-refractivity contribution in [2.45, 2.75) is 19.3 Å². The van der Waals surface area contributed by atoms with E-state index < -0.39 is 0 Å². The molecular weight excluding hydrogens is 280 g/mol. The molecule has 3 N–H and O–H groups in total. The Kier molecular flexibility index (Phi) is 5.54. The molecular formula is C17H18N2O3. The molecule has 0 saturated heterocycles. The number of benzene rings is 2. The van der Waals surface area contributed by atoms with Gasteiger partial charge < -0.3 is 10.2 Å². The van der Waals surface area contributed by atoms with E-state index in [1.54, 1.807) is 36.4 Å². The van der Waals surface area contributed by atoms with E-state index in [4.69, 9.17) is 0 Å². The van der Waals surface area contributed by atoms with Gasteiger partial charge in [0.15, 0.2) is 0 Å². The van der Waals surface area contributed by atoms with Crippen LogP contribution >= 0.6 is 0 Å². The van der Waals surface area contributed by atoms with Crippen LogP contribution in [0.5, 0.6) is 11.5 Å². The molecule has 0 atom stereocenters. The molecule has 0 aliphatic carbocycles. The van der Waals surface area contributed by atoms with Gasteiger partial charge in [0.05, 0.1) is 6.21 Å². The third-order valence-corrected chi connectivity index (χ3v) is 3.14. The molecule has 5 nitrogen and oxygen atoms in total. The Morgan fingerprint density at radius 1 is 1.09 bits per heavy atom. The Hall–Kier alpha value is -2.82. The maximum atomic E-state index is 11.6. The largest absolute Gasteiger partial charge is 0.508 e. The monoisotopic (exact) mass is 298 g/mol. The number of para-hydroxylation sites is 1. The highest BCUT2D eigenvalue weighted by Crippen LogP contribution is 2.13. The summed E-state index contributed by atoms with van der Waals surface area (Å²) in [6.45, 7) is 0. The lowest BCUT2D eigenvalue weighted by atomic mass is 10.1. The standard InChI is InChI=1S/C17H18N2O3/c20-15-10-8-13(9-11-15)4-3-7-17(22)19-18-12-14-5-1-2-6-16(14)21/h1-2,5-6,8-12,20-21H,3-4,7H2,(H,19,22). The molecule has 0 radical (unpaired) electrons. The molecule has 0 aliphatic rings. The van der Waals surface area contributed by atoms with E-state index >= 15 is 0 Å². The molecule has 0 unspecified atom stereocenters. The Labute approximate surface area is 128 Å². The van der Waals surface area contributed by atoms with E-state index in [-0.39, 0.29) is 17.4 Å². The van der Waals surface area contributed by atoms with Crippen LogP contribution in [0.2, 0.25) is 0 Å². The third kappa shape index (κ3) is 4.94. The number of amides is 1. The minimum absolute atomic E-state index is 0.118. The lowest BCUT2D eigenvalue weighted by Crippen LogP contribution is -2.17. The van der Waals surface area contributed by atoms with Crippen molar-refractivity contribution >= 4 is 12.1 Å². The number of hydrogen-bond donors (Lipinski definition) is 3. The zero-order valence-corrected chi connectivity index (χ0v) is 12.1. The summed E-state index contributed by atoms with van der Waals surface area (Å²) < 4.78 is 0. The highest BCUT2D eigenvalue weighted by molar-refractivity contribution is 5.84. The molecule has 2 rings (SSSR count). The topological polar surface area (TPSA) is 81.9 Å². The van der Waals surface area contributed by atoms with Crippen molar-refractivity contribution in [3.8, 4) is 11.5 Å². The molecule has 22 heavy (non-hydrogen) atoms. The first-order valence-corrected chi connectivity index (χ1v) is 7.03. The van der Waals surface area contributed by atoms with Crippen LogP contribution in [0, 0.1) is 0 Å². The maximum Gasteiger partial charge on any atom is 0.240 e. The maximum absolute atomic E-state index is 11.6. The summed E-state index contributed by atoms with van der Waals surface area (Å²) in [4.78, 5) is 11.6. The molecule has 114 valence electrons. The molecule has 2 aromatic carbocycles. The molecule has 0 aromatic heterocycles. The van der Waals surface area contributed by atoms with Crippen molar-refractivity contribution in [2.75, 3.05) is 0 Å². The lowest BCUT2D eigenvalue weighted by molar-refractivity contribution is -0.121. The summed E-state index contributed by atoms with van der Waals surface area (Å²) in [5, 5.41) is 22.5. The number of nitrogens with one attached hydrogen (secondary N) is 1. The lowest BCUT2D eigenvalue weighted by Gasteiger charge is -2.02. The van der Waals surface area contributed by atoms with Crippen molar-refractivity contribution in [3.63, 3.8) is 0 Å². The Bertz CT molecular complexity index is 651. The van der Waals surface area contributed by atoms with Crippen LogP contribution in [-0.2, 0) is 11.2 Å². The van der Waals surface area contributed by atoms with Crippen molar-refractivity contribution in [1.82, 2.24) is 5.43 Å². The number of rotatable bonds is 6. The number of hydrogen-bond acceptors (Lipinski definition) is 4. The second kappa shape index (κ2) is 7.83. The van der Waals surface area contributed by atoms with E-state index in [9.17, 15) is 15.0 Å². The van der Waals surface area contributed by atoms with Gasteiger partial charge in [-0.05, 0) is 42.7 Å². The number of carbonyl (C=O) groups is 1. The Balaban J connectivity index is 1.72. The molecule has 0 heterocycles. The molecule has 2 aromatic rings. The van der Waals surface area contributed by atoms with Crippen molar-refractivity contribution in [2.24, 2.45) is 5.10 Å². The number of aryl methyl sites for hydroxylation is 1. The minimum Gasteiger partial charge on any atom is -0.508 e. The number of carbonyl (C=O) groups excluding carboxylic acids is 1. The fraction of sp³-hybridized carbons (Fsp3) is 0.176. The molecule has 0 bridgehead atoms. The van der Waals surface area contributed by atoms with Gasteiger partial charge in [0.1, 0.15) is 11.5 Å². The van der Waals surface area contributed by atoms with E-state index in [0.717, 1.165) is 12.0 Å². The van der Waals surface area contributed by atoms with Gasteiger partial charge in [0.2, 0.25) is 5.91 Å². The fourth-order valence-electron chi connectivity index (χ4n) is 1.94. The normalized spacial score (nSPS) is 10.7. The molecule has 0 aliphatic heterocycles. The first-order chi connectivity index (χ1) is 10.6. The van der Waals surface area contributed by atoms with Crippen molar-refractivity contribution < 1.29 is 15.0 Å². The van der Waals surface area contributed by atoms with Gasteiger partial charge >= 0.3 is 0 Å². The Morgan fingerprint density at radius 2 is 1.82 bits per heavy atom. The van der Waals surface area contributed by atoms with Crippen LogP contribution in [0.4, 0.5) is 0 Å². The molecule has 5 heteroatoms. The van der Waals surface area contributed by atoms with Gasteiger partial charge in [-0.3, -0.25) is 4.79 Å². The van der Waals surface area contributed by atoms with Gasteiger partial charge in [-0.15, -0.1) is 0 Å². The fourth-order valence-corrected chi connectivity index (χ4v) is 1.94. The van der Waals surface area contributed by atoms with Crippen molar-refractivity contribution in [3.05, 3.63) is 59.7 Å². The number of phenols is 2. The average Bonchev–Trinajstić information content (AvgIpc) is 2.51. The molecule has 0 spiro atoms. The summed E-state index contributed by atoms with van der Waals surface area (Å²) in [6, 6.07) is 13.7. The van der Waals surface area contributed by atoms with Crippen LogP contribution in [0.3, 0.4) is 0 Å². The quantitative estimate of drug-likeness (QED) is 0.566. The van der Waals surface area contributed by atoms with Gasteiger partial charge in [-0.25, -0.2) is 5.43 Å². The van der Waals surface area contributed by atoms with Gasteiger partial charge in [-0.2, -0.15) is 5.10 Å². The van der Waals surface area contributed by atoms with Gasteiger partial charge in [0, 0.05) is 12.0 Å². The second-order valence-electron chi connectivity index (χ2n) is 4.87. The first-order valence-electron chi connectivity index (χ1n) is 7.03. The van der Waals surface area contributed by atoms with Gasteiger partial charge in [-0.1, -0.05) is 24.3 Å². The predicted octanol–water partition coefficient (Wildman–Crippen LogP) is 2.57. The summed E-state index contributed by atoms with van der Waals surface area (Å²) in [7, 11) is 0. The van der Waals surface area contributed by atoms with E-state index in [1.807, 2.05) is 12.1 Å². The van der Waals surface area contributed by atoms with Crippen LogP contribution in [0.25, 0.3) is 0 Å². The minimum atomic E-state index is -0.176. The highest BCUT2D eigenvalue weighted by atomic mass is 16.3. The zero-order valence-electron chi connectivity index (χ0n) is 12.1. The number of phenolic OH excluding ortho intramolecular Hbond substituents is 2. The molecule has 0 saturated carbocycles. The summed E-state index contributed by atoms with van der Waals surface area (Å²) in [5.74, 6) is 0.179.